The summed E-state index contributed by atoms with van der Waals surface area (Å²) in [5.41, 5.74) is 4.32. The molecule has 0 saturated carbocycles. The largest absolute Gasteiger partial charge is 0.341 e. The van der Waals surface area contributed by atoms with Gasteiger partial charge in [0.15, 0.2) is 5.65 Å². The molecule has 10 heteroatoms. The molecule has 2 aromatic carbocycles. The maximum atomic E-state index is 12.2. The molecular weight excluding hydrogens is 480 g/mol. The summed E-state index contributed by atoms with van der Waals surface area (Å²) in [5.74, 6) is 0.766. The number of nitrogens with zero attached hydrogens (tertiary/aromatic N) is 6. The van der Waals surface area contributed by atoms with Crippen LogP contribution in [0.3, 0.4) is 0 Å². The van der Waals surface area contributed by atoms with E-state index in [0.717, 1.165) is 31.6 Å². The Hall–Kier alpha value is -5.04. The van der Waals surface area contributed by atoms with Crippen molar-refractivity contribution in [2.24, 2.45) is 0 Å². The smallest absolute Gasteiger partial charge is 0.254 e. The Morgan fingerprint density at radius 2 is 1.79 bits per heavy atom. The Labute approximate surface area is 218 Å². The number of carbonyl (C=O) groups is 2. The molecule has 0 unspecified atom stereocenters. The second kappa shape index (κ2) is 9.78. The lowest BCUT2D eigenvalue weighted by molar-refractivity contribution is -0.124. The van der Waals surface area contributed by atoms with Crippen molar-refractivity contribution in [1.29, 1.82) is 5.26 Å². The highest BCUT2D eigenvalue weighted by molar-refractivity contribution is 6.15. The van der Waals surface area contributed by atoms with Crippen LogP contribution in [0.1, 0.15) is 41.9 Å². The molecule has 2 saturated heterocycles. The maximum Gasteiger partial charge on any atom is 0.254 e. The van der Waals surface area contributed by atoms with Crippen molar-refractivity contribution in [3.05, 3.63) is 83.1 Å². The predicted molar refractivity (Wildman–Crippen MR) is 142 cm³/mol. The van der Waals surface area contributed by atoms with Gasteiger partial charge in [0.05, 0.1) is 24.3 Å². The first-order chi connectivity index (χ1) is 18.6. The van der Waals surface area contributed by atoms with Gasteiger partial charge >= 0.3 is 0 Å². The van der Waals surface area contributed by atoms with Gasteiger partial charge in [0.25, 0.3) is 5.91 Å². The second-order valence-corrected chi connectivity index (χ2v) is 9.39. The van der Waals surface area contributed by atoms with Crippen LogP contribution in [-0.4, -0.2) is 44.5 Å². The lowest BCUT2D eigenvalue weighted by atomic mass is 9.89. The number of carbonyl (C=O) groups excluding carboxylic acids is 2. The van der Waals surface area contributed by atoms with Gasteiger partial charge in [-0.2, -0.15) is 24.8 Å². The van der Waals surface area contributed by atoms with Crippen LogP contribution in [0.15, 0.2) is 66.4 Å². The van der Waals surface area contributed by atoms with E-state index in [1.165, 1.54) is 5.56 Å². The summed E-state index contributed by atoms with van der Waals surface area (Å²) in [6.07, 6.45) is 5.19. The van der Waals surface area contributed by atoms with Crippen molar-refractivity contribution < 1.29 is 9.59 Å². The lowest BCUT2D eigenvalue weighted by Gasteiger charge is -2.32. The average molecular weight is 505 g/mol. The van der Waals surface area contributed by atoms with E-state index in [-0.39, 0.29) is 12.3 Å². The van der Waals surface area contributed by atoms with Crippen LogP contribution in [0.25, 0.3) is 11.7 Å². The van der Waals surface area contributed by atoms with E-state index >= 15 is 0 Å². The number of imide groups is 1. The molecule has 4 aromatic rings. The fourth-order valence-electron chi connectivity index (χ4n) is 4.91. The minimum Gasteiger partial charge on any atom is -0.341 e. The third-order valence-electron chi connectivity index (χ3n) is 6.93. The number of hydrogen-bond acceptors (Lipinski definition) is 8. The Morgan fingerprint density at radius 1 is 1.03 bits per heavy atom. The average Bonchev–Trinajstić information content (AvgIpc) is 3.51. The summed E-state index contributed by atoms with van der Waals surface area (Å²) in [6.45, 7) is 1.54. The minimum atomic E-state index is -0.392. The van der Waals surface area contributed by atoms with Crippen molar-refractivity contribution in [2.75, 3.05) is 23.3 Å². The number of aromatic nitrogens is 4. The molecule has 0 bridgehead atoms. The molecule has 2 fully saturated rings. The number of fused-ring (bicyclic) bond motifs is 1. The number of hydrogen-bond donors (Lipinski definition) is 2. The van der Waals surface area contributed by atoms with Crippen LogP contribution < -0.4 is 15.5 Å². The van der Waals surface area contributed by atoms with Crippen LogP contribution in [0.2, 0.25) is 0 Å². The number of rotatable bonds is 5. The van der Waals surface area contributed by atoms with Crippen LogP contribution in [-0.2, 0) is 9.59 Å². The number of anilines is 3. The van der Waals surface area contributed by atoms with Gasteiger partial charge in [-0.25, -0.2) is 0 Å². The number of nitriles is 1. The molecule has 2 aliphatic heterocycles. The molecule has 10 nitrogen and oxygen atoms in total. The van der Waals surface area contributed by atoms with Gasteiger partial charge in [-0.15, -0.1) is 0 Å². The van der Waals surface area contributed by atoms with Crippen molar-refractivity contribution in [2.45, 2.75) is 25.2 Å². The van der Waals surface area contributed by atoms with Crippen LogP contribution in [0.4, 0.5) is 17.6 Å². The van der Waals surface area contributed by atoms with Gasteiger partial charge in [0.1, 0.15) is 0 Å². The molecular formula is C28H24N8O2. The molecule has 2 aromatic heterocycles. The molecule has 2 amide bonds. The third kappa shape index (κ3) is 4.57. The zero-order valence-electron chi connectivity index (χ0n) is 20.5. The number of amides is 2. The second-order valence-electron chi connectivity index (χ2n) is 9.39. The number of benzene rings is 2. The van der Waals surface area contributed by atoms with E-state index in [1.807, 2.05) is 54.6 Å². The lowest BCUT2D eigenvalue weighted by Crippen LogP contribution is -2.34. The highest BCUT2D eigenvalue weighted by Gasteiger charge is 2.26. The Morgan fingerprint density at radius 3 is 2.47 bits per heavy atom. The zero-order chi connectivity index (χ0) is 26.1. The Bertz CT molecular complexity index is 1590. The monoisotopic (exact) mass is 504 g/mol. The predicted octanol–water partition coefficient (Wildman–Crippen LogP) is 3.55. The summed E-state index contributed by atoms with van der Waals surface area (Å²) < 4.78 is 1.61. The molecule has 0 radical (unpaired) electrons. The first-order valence-corrected chi connectivity index (χ1v) is 12.4. The van der Waals surface area contributed by atoms with E-state index in [1.54, 1.807) is 16.8 Å². The van der Waals surface area contributed by atoms with Gasteiger partial charge < -0.3 is 10.2 Å². The van der Waals surface area contributed by atoms with E-state index < -0.39 is 5.91 Å². The molecule has 0 spiro atoms. The number of piperidine rings is 1. The summed E-state index contributed by atoms with van der Waals surface area (Å²) in [6, 6.07) is 19.7. The van der Waals surface area contributed by atoms with Crippen molar-refractivity contribution >= 4 is 41.1 Å². The van der Waals surface area contributed by atoms with Gasteiger partial charge in [-0.3, -0.25) is 14.9 Å². The van der Waals surface area contributed by atoms with Crippen molar-refractivity contribution in [1.82, 2.24) is 24.9 Å². The topological polar surface area (TPSA) is 128 Å². The highest BCUT2D eigenvalue weighted by atomic mass is 16.2. The van der Waals surface area contributed by atoms with Crippen molar-refractivity contribution in [3.8, 4) is 6.07 Å². The van der Waals surface area contributed by atoms with E-state index in [0.29, 0.717) is 40.2 Å². The third-order valence-corrected chi connectivity index (χ3v) is 6.93. The van der Waals surface area contributed by atoms with Crippen molar-refractivity contribution in [3.63, 3.8) is 0 Å². The summed E-state index contributed by atoms with van der Waals surface area (Å²) in [4.78, 5) is 35.7. The summed E-state index contributed by atoms with van der Waals surface area (Å²) >= 11 is 0. The van der Waals surface area contributed by atoms with Gasteiger partial charge in [-0.1, -0.05) is 30.3 Å². The molecule has 0 atom stereocenters. The highest BCUT2D eigenvalue weighted by Crippen LogP contribution is 2.31. The molecule has 2 N–H and O–H groups in total. The molecule has 2 aliphatic rings. The Balaban J connectivity index is 1.32. The van der Waals surface area contributed by atoms with Crippen LogP contribution in [0.5, 0.6) is 0 Å². The zero-order valence-corrected chi connectivity index (χ0v) is 20.5. The Kier molecular flexibility index (Phi) is 6.01. The fourth-order valence-corrected chi connectivity index (χ4v) is 4.91. The van der Waals surface area contributed by atoms with E-state index in [9.17, 15) is 9.59 Å². The molecule has 0 aliphatic carbocycles. The van der Waals surface area contributed by atoms with E-state index in [2.05, 4.69) is 26.7 Å². The maximum absolute atomic E-state index is 12.2. The minimum absolute atomic E-state index is 0.0338. The number of para-hydroxylation sites is 1. The van der Waals surface area contributed by atoms with Gasteiger partial charge in [0, 0.05) is 29.9 Å². The molecule has 6 rings (SSSR count). The molecule has 38 heavy (non-hydrogen) atoms. The normalized spacial score (nSPS) is 17.1. The standard InChI is InChI=1S/C28H24N8O2/c29-16-18-6-8-19(9-7-18)20-10-12-35(13-11-20)27-33-25-22(14-21-15-24(37)32-26(21)38)17-30-36(25)28(34-27)31-23-4-2-1-3-5-23/h1-9,14,17,20H,10-13,15H2,(H,31,33,34)(H,32,37,38). The van der Waals surface area contributed by atoms with Crippen LogP contribution in [0, 0.1) is 11.3 Å². The SMILES string of the molecule is N#Cc1ccc(C2CCN(c3nc(Nc4ccccc4)n4ncc(C=C5CC(=O)NC5=O)c4n3)CC2)cc1. The van der Waals surface area contributed by atoms with Gasteiger partial charge in [-0.05, 0) is 54.7 Å². The molecule has 188 valence electrons. The summed E-state index contributed by atoms with van der Waals surface area (Å²) in [7, 11) is 0. The summed E-state index contributed by atoms with van der Waals surface area (Å²) in [5, 5.41) is 19.2. The first-order valence-electron chi connectivity index (χ1n) is 12.4. The number of nitrogens with one attached hydrogen (secondary N) is 2. The first kappa shape index (κ1) is 23.4. The van der Waals surface area contributed by atoms with Crippen LogP contribution >= 0.6 is 0 Å². The van der Waals surface area contributed by atoms with Gasteiger partial charge in [0.2, 0.25) is 17.8 Å². The molecule has 4 heterocycles. The fraction of sp³-hybridized carbons (Fsp3) is 0.214. The quantitative estimate of drug-likeness (QED) is 0.312. The van der Waals surface area contributed by atoms with E-state index in [4.69, 9.17) is 15.2 Å².